The number of aliphatic hydroxyl groups excluding tert-OH is 1. The van der Waals surface area contributed by atoms with Gasteiger partial charge in [-0.1, -0.05) is 13.8 Å². The normalized spacial score (nSPS) is 59.0. The lowest BCUT2D eigenvalue weighted by molar-refractivity contribution is -0.274. The Kier molecular flexibility index (Phi) is 4.35. The molecular weight excluding hydrogens is 394 g/mol. The number of nitrogens with zero attached hydrogens (tertiary/aromatic N) is 1. The second-order valence-electron chi connectivity index (χ2n) is 11.9. The van der Waals surface area contributed by atoms with Gasteiger partial charge in [-0.3, -0.25) is 9.69 Å². The largest absolute Gasteiger partial charge is 0.458 e. The summed E-state index contributed by atoms with van der Waals surface area (Å²) in [4.78, 5) is 15.2. The van der Waals surface area contributed by atoms with Crippen LogP contribution in [0.25, 0.3) is 0 Å². The van der Waals surface area contributed by atoms with E-state index < -0.39 is 5.60 Å². The van der Waals surface area contributed by atoms with Gasteiger partial charge in [-0.05, 0) is 49.5 Å². The van der Waals surface area contributed by atoms with E-state index >= 15 is 0 Å². The summed E-state index contributed by atoms with van der Waals surface area (Å²) in [6.45, 7) is 8.37. The fourth-order valence-corrected chi connectivity index (χ4v) is 10.8. The van der Waals surface area contributed by atoms with Gasteiger partial charge in [-0.25, -0.2) is 0 Å². The first-order valence-corrected chi connectivity index (χ1v) is 12.5. The van der Waals surface area contributed by atoms with Gasteiger partial charge in [0.25, 0.3) is 0 Å². The van der Waals surface area contributed by atoms with Gasteiger partial charge in [0, 0.05) is 63.3 Å². The third kappa shape index (κ3) is 2.17. The summed E-state index contributed by atoms with van der Waals surface area (Å²) in [5, 5.41) is 11.8. The summed E-state index contributed by atoms with van der Waals surface area (Å²) < 4.78 is 18.7. The number of ether oxygens (including phenoxy) is 3. The van der Waals surface area contributed by atoms with Crippen LogP contribution in [-0.2, 0) is 19.0 Å². The third-order valence-corrected chi connectivity index (χ3v) is 11.2. The fraction of sp³-hybridized carbons (Fsp3) is 0.960. The van der Waals surface area contributed by atoms with E-state index in [1.807, 2.05) is 7.11 Å². The third-order valence-electron chi connectivity index (χ3n) is 11.2. The van der Waals surface area contributed by atoms with Crippen molar-refractivity contribution in [2.24, 2.45) is 40.4 Å². The maximum atomic E-state index is 12.6. The van der Waals surface area contributed by atoms with Crippen LogP contribution in [0.15, 0.2) is 0 Å². The van der Waals surface area contributed by atoms with E-state index in [1.54, 1.807) is 14.0 Å². The summed E-state index contributed by atoms with van der Waals surface area (Å²) in [6, 6.07) is 0.276. The number of methoxy groups -OCH3 is 2. The van der Waals surface area contributed by atoms with Crippen molar-refractivity contribution in [3.63, 3.8) is 0 Å². The minimum atomic E-state index is -0.559. The number of hydrogen-bond donors (Lipinski definition) is 1. The highest BCUT2D eigenvalue weighted by atomic mass is 16.6. The van der Waals surface area contributed by atoms with Gasteiger partial charge >= 0.3 is 5.97 Å². The molecule has 31 heavy (non-hydrogen) atoms. The molecule has 0 aromatic carbocycles. The first-order valence-electron chi connectivity index (χ1n) is 12.5. The summed E-state index contributed by atoms with van der Waals surface area (Å²) in [5.41, 5.74) is -0.456. The Hall–Kier alpha value is -0.690. The molecule has 0 amide bonds. The maximum Gasteiger partial charge on any atom is 0.303 e. The summed E-state index contributed by atoms with van der Waals surface area (Å²) >= 11 is 0. The van der Waals surface area contributed by atoms with Crippen LogP contribution in [-0.4, -0.2) is 73.2 Å². The molecule has 0 radical (unpaired) electrons. The van der Waals surface area contributed by atoms with Gasteiger partial charge < -0.3 is 19.3 Å². The van der Waals surface area contributed by atoms with Gasteiger partial charge in [0.05, 0.1) is 18.3 Å². The second kappa shape index (κ2) is 6.46. The van der Waals surface area contributed by atoms with Crippen LogP contribution in [0, 0.1) is 40.4 Å². The van der Waals surface area contributed by atoms with E-state index in [4.69, 9.17) is 14.2 Å². The lowest BCUT2D eigenvalue weighted by Gasteiger charge is -2.69. The molecule has 5 saturated carbocycles. The molecule has 6 aliphatic rings. The van der Waals surface area contributed by atoms with Crippen LogP contribution < -0.4 is 0 Å². The lowest BCUT2D eigenvalue weighted by atomic mass is 9.43. The molecule has 5 aliphatic carbocycles. The van der Waals surface area contributed by atoms with Crippen molar-refractivity contribution in [2.45, 2.75) is 82.8 Å². The van der Waals surface area contributed by atoms with Crippen LogP contribution in [0.4, 0.5) is 0 Å². The number of aliphatic hydroxyl groups is 1. The van der Waals surface area contributed by atoms with Crippen molar-refractivity contribution in [3.8, 4) is 0 Å². The van der Waals surface area contributed by atoms with Crippen molar-refractivity contribution < 1.29 is 24.1 Å². The second-order valence-corrected chi connectivity index (χ2v) is 11.9. The quantitative estimate of drug-likeness (QED) is 0.687. The van der Waals surface area contributed by atoms with Crippen molar-refractivity contribution >= 4 is 5.97 Å². The first kappa shape index (κ1) is 20.9. The zero-order chi connectivity index (χ0) is 21.9. The Morgan fingerprint density at radius 2 is 1.97 bits per heavy atom. The van der Waals surface area contributed by atoms with E-state index in [1.165, 1.54) is 0 Å². The average Bonchev–Trinajstić information content (AvgIpc) is 3.20. The standard InChI is InChI=1S/C25H39NO5/c1-6-26-12-23(3)8-7-19(28)25-15-9-14-17(29-4)11-24(31-13(2)27,20(15)21(14)30-5)16(22(25)26)10-18(23)25/h14-22,28H,6-12H2,1-5H3/t14-,15-,16+,17+,18-,19+,20-,21+,22-,23+,24+,25-/m1/s1. The molecule has 174 valence electrons. The van der Waals surface area contributed by atoms with Gasteiger partial charge in [-0.2, -0.15) is 0 Å². The summed E-state index contributed by atoms with van der Waals surface area (Å²) in [6.07, 6.45) is 4.58. The Morgan fingerprint density at radius 1 is 1.19 bits per heavy atom. The van der Waals surface area contributed by atoms with E-state index in [9.17, 15) is 9.90 Å². The van der Waals surface area contributed by atoms with Crippen molar-refractivity contribution in [1.82, 2.24) is 4.90 Å². The van der Waals surface area contributed by atoms with Gasteiger partial charge in [0.1, 0.15) is 5.60 Å². The number of piperidine rings is 1. The smallest absolute Gasteiger partial charge is 0.303 e. The molecule has 6 heteroatoms. The van der Waals surface area contributed by atoms with Gasteiger partial charge in [-0.15, -0.1) is 0 Å². The van der Waals surface area contributed by atoms with Crippen molar-refractivity contribution in [2.75, 3.05) is 27.3 Å². The predicted molar refractivity (Wildman–Crippen MR) is 114 cm³/mol. The zero-order valence-electron chi connectivity index (χ0n) is 19.7. The van der Waals surface area contributed by atoms with Gasteiger partial charge in [0.2, 0.25) is 0 Å². The number of rotatable bonds is 4. The van der Waals surface area contributed by atoms with Crippen LogP contribution in [0.3, 0.4) is 0 Å². The molecule has 1 N–H and O–H groups in total. The molecule has 1 heterocycles. The molecule has 0 unspecified atom stereocenters. The predicted octanol–water partition coefficient (Wildman–Crippen LogP) is 2.48. The van der Waals surface area contributed by atoms with Crippen molar-refractivity contribution in [1.29, 1.82) is 0 Å². The minimum absolute atomic E-state index is 0.0250. The molecule has 6 rings (SSSR count). The van der Waals surface area contributed by atoms with Crippen LogP contribution in [0.1, 0.15) is 52.9 Å². The molecule has 1 spiro atoms. The highest BCUT2D eigenvalue weighted by Gasteiger charge is 2.84. The minimum Gasteiger partial charge on any atom is -0.458 e. The highest BCUT2D eigenvalue weighted by molar-refractivity contribution is 5.67. The number of carbonyl (C=O) groups is 1. The molecule has 6 nitrogen and oxygen atoms in total. The van der Waals surface area contributed by atoms with E-state index in [-0.39, 0.29) is 53.0 Å². The van der Waals surface area contributed by atoms with Crippen LogP contribution >= 0.6 is 0 Å². The lowest BCUT2D eigenvalue weighted by Crippen LogP contribution is -2.76. The molecule has 7 bridgehead atoms. The molecule has 6 fully saturated rings. The Bertz CT molecular complexity index is 790. The number of esters is 1. The van der Waals surface area contributed by atoms with E-state index in [2.05, 4.69) is 18.7 Å². The van der Waals surface area contributed by atoms with E-state index in [0.29, 0.717) is 17.8 Å². The molecule has 12 atom stereocenters. The first-order chi connectivity index (χ1) is 14.8. The number of fused-ring (bicyclic) bond motifs is 2. The number of carbonyl (C=O) groups excluding carboxylic acids is 1. The monoisotopic (exact) mass is 433 g/mol. The van der Waals surface area contributed by atoms with Gasteiger partial charge in [0.15, 0.2) is 0 Å². The van der Waals surface area contributed by atoms with Crippen LogP contribution in [0.5, 0.6) is 0 Å². The highest BCUT2D eigenvalue weighted by Crippen LogP contribution is 2.79. The summed E-state index contributed by atoms with van der Waals surface area (Å²) in [5.74, 6) is 1.29. The zero-order valence-corrected chi connectivity index (χ0v) is 19.7. The Morgan fingerprint density at radius 3 is 2.61 bits per heavy atom. The maximum absolute atomic E-state index is 12.6. The SMILES string of the molecule is CCN1C[C@]2(C)CC[C@H](O)[C@@]34[C@@H]5C[C@H]6[C@H](OC)[C@@H]5[C@](OC(C)=O)(C[C@@H]6OC)[C@@H](C[C@H]23)[C@@H]14. The molecule has 1 aliphatic heterocycles. The summed E-state index contributed by atoms with van der Waals surface area (Å²) in [7, 11) is 3.60. The molecule has 0 aromatic heterocycles. The molecule has 1 saturated heterocycles. The van der Waals surface area contributed by atoms with E-state index in [0.717, 1.165) is 45.2 Å². The molecular formula is C25H39NO5. The Labute approximate surface area is 186 Å². The number of hydrogen-bond acceptors (Lipinski definition) is 6. The molecule has 0 aromatic rings. The fourth-order valence-electron chi connectivity index (χ4n) is 10.8. The number of likely N-dealkylation sites (tertiary alicyclic amines) is 1. The average molecular weight is 434 g/mol. The Balaban J connectivity index is 1.61. The van der Waals surface area contributed by atoms with Crippen molar-refractivity contribution in [3.05, 3.63) is 0 Å². The topological polar surface area (TPSA) is 68.2 Å². The van der Waals surface area contributed by atoms with Crippen LogP contribution in [0.2, 0.25) is 0 Å².